The summed E-state index contributed by atoms with van der Waals surface area (Å²) in [4.78, 5) is 12.3. The lowest BCUT2D eigenvalue weighted by atomic mass is 10.0. The molecule has 0 amide bonds. The molecule has 7 nitrogen and oxygen atoms in total. The van der Waals surface area contributed by atoms with Crippen LogP contribution in [0.5, 0.6) is 28.7 Å². The Morgan fingerprint density at radius 2 is 1.57 bits per heavy atom. The van der Waals surface area contributed by atoms with E-state index < -0.39 is 5.97 Å². The lowest BCUT2D eigenvalue weighted by molar-refractivity contribution is -0.134. The number of benzene rings is 3. The van der Waals surface area contributed by atoms with Gasteiger partial charge in [-0.3, -0.25) is 4.79 Å². The highest BCUT2D eigenvalue weighted by atomic mass is 16.6. The molecule has 0 unspecified atom stereocenters. The topological polar surface area (TPSA) is 87.0 Å². The highest BCUT2D eigenvalue weighted by molar-refractivity contribution is 5.92. The number of rotatable bonds is 11. The van der Waals surface area contributed by atoms with E-state index in [-0.39, 0.29) is 6.42 Å². The third-order valence-corrected chi connectivity index (χ3v) is 5.09. The molecule has 0 bridgehead atoms. The molecule has 3 aromatic rings. The highest BCUT2D eigenvalue weighted by Crippen LogP contribution is 2.32. The van der Waals surface area contributed by atoms with E-state index in [0.717, 1.165) is 11.3 Å². The van der Waals surface area contributed by atoms with Crippen LogP contribution >= 0.6 is 0 Å². The van der Waals surface area contributed by atoms with Gasteiger partial charge in [0, 0.05) is 12.0 Å². The number of hydrogen-bond acceptors (Lipinski definition) is 7. The van der Waals surface area contributed by atoms with E-state index in [4.69, 9.17) is 23.7 Å². The average molecular weight is 474 g/mol. The van der Waals surface area contributed by atoms with Crippen molar-refractivity contribution < 1.29 is 28.5 Å². The third kappa shape index (κ3) is 7.02. The molecule has 3 aromatic carbocycles. The zero-order chi connectivity index (χ0) is 25.0. The average Bonchev–Trinajstić information content (AvgIpc) is 2.90. The predicted octanol–water partition coefficient (Wildman–Crippen LogP) is 5.54. The van der Waals surface area contributed by atoms with Crippen molar-refractivity contribution in [2.75, 3.05) is 27.9 Å². The van der Waals surface area contributed by atoms with Crippen molar-refractivity contribution in [1.82, 2.24) is 0 Å². The summed E-state index contributed by atoms with van der Waals surface area (Å²) in [6.07, 6.45) is 2.41. The molecule has 180 valence electrons. The van der Waals surface area contributed by atoms with E-state index in [1.165, 1.54) is 7.11 Å². The fourth-order valence-corrected chi connectivity index (χ4v) is 3.31. The lowest BCUT2D eigenvalue weighted by Crippen LogP contribution is -2.10. The van der Waals surface area contributed by atoms with Gasteiger partial charge < -0.3 is 23.7 Å². The maximum absolute atomic E-state index is 12.3. The maximum Gasteiger partial charge on any atom is 0.311 e. The first-order valence-corrected chi connectivity index (χ1v) is 11.0. The Labute approximate surface area is 205 Å². The lowest BCUT2D eigenvalue weighted by Gasteiger charge is -2.11. The standard InChI is InChI=1S/C28H27NO6/c1-31-22-11-13-23(14-12-22)34-16-6-9-28(30)35-26-15-10-20(18-27(26)33-3)17-21(19-29)24-7-4-5-8-25(24)32-2/h4-5,7-8,10-15,17-18H,6,9,16H2,1-3H3/b21-17-. The van der Waals surface area contributed by atoms with Crippen molar-refractivity contribution in [2.45, 2.75) is 12.8 Å². The van der Waals surface area contributed by atoms with E-state index >= 15 is 0 Å². The zero-order valence-electron chi connectivity index (χ0n) is 19.9. The molecule has 0 saturated heterocycles. The van der Waals surface area contributed by atoms with Crippen molar-refractivity contribution in [3.63, 3.8) is 0 Å². The Kier molecular flexibility index (Phi) is 9.14. The van der Waals surface area contributed by atoms with E-state index in [1.807, 2.05) is 42.5 Å². The summed E-state index contributed by atoms with van der Waals surface area (Å²) in [7, 11) is 4.66. The minimum absolute atomic E-state index is 0.188. The summed E-state index contributed by atoms with van der Waals surface area (Å²) in [6.45, 7) is 0.377. The molecule has 0 radical (unpaired) electrons. The molecule has 0 saturated carbocycles. The zero-order valence-corrected chi connectivity index (χ0v) is 19.9. The van der Waals surface area contributed by atoms with E-state index in [0.29, 0.717) is 47.2 Å². The van der Waals surface area contributed by atoms with Crippen LogP contribution in [-0.4, -0.2) is 33.9 Å². The normalized spacial score (nSPS) is 10.7. The van der Waals surface area contributed by atoms with Gasteiger partial charge in [0.1, 0.15) is 17.2 Å². The van der Waals surface area contributed by atoms with E-state index in [1.54, 1.807) is 44.6 Å². The molecular weight excluding hydrogens is 446 g/mol. The second-order valence-corrected chi connectivity index (χ2v) is 7.38. The number of nitrogens with zero attached hydrogens (tertiary/aromatic N) is 1. The van der Waals surface area contributed by atoms with E-state index in [9.17, 15) is 10.1 Å². The van der Waals surface area contributed by atoms with Gasteiger partial charge in [-0.1, -0.05) is 18.2 Å². The van der Waals surface area contributed by atoms with Crippen molar-refractivity contribution in [2.24, 2.45) is 0 Å². The number of methoxy groups -OCH3 is 3. The Bertz CT molecular complexity index is 1210. The Balaban J connectivity index is 1.60. The highest BCUT2D eigenvalue weighted by Gasteiger charge is 2.12. The molecule has 0 spiro atoms. The number of esters is 1. The number of nitriles is 1. The van der Waals surface area contributed by atoms with Gasteiger partial charge in [-0.15, -0.1) is 0 Å². The minimum Gasteiger partial charge on any atom is -0.497 e. The summed E-state index contributed by atoms with van der Waals surface area (Å²) in [6, 6.07) is 21.9. The molecule has 0 fully saturated rings. The molecule has 0 aliphatic heterocycles. The van der Waals surface area contributed by atoms with Gasteiger partial charge in [0.2, 0.25) is 0 Å². The van der Waals surface area contributed by atoms with Gasteiger partial charge in [0.05, 0.1) is 39.6 Å². The SMILES string of the molecule is COc1ccc(OCCCC(=O)Oc2ccc(/C=C(/C#N)c3ccccc3OC)cc2OC)cc1. The summed E-state index contributed by atoms with van der Waals surface area (Å²) >= 11 is 0. The fraction of sp³-hybridized carbons (Fsp3) is 0.214. The molecule has 3 rings (SSSR count). The van der Waals surface area contributed by atoms with Crippen LogP contribution in [0.25, 0.3) is 11.6 Å². The number of hydrogen-bond donors (Lipinski definition) is 0. The molecular formula is C28H27NO6. The van der Waals surface area contributed by atoms with Gasteiger partial charge in [0.15, 0.2) is 11.5 Å². The van der Waals surface area contributed by atoms with Gasteiger partial charge in [0.25, 0.3) is 0 Å². The Hall–Kier alpha value is -4.44. The van der Waals surface area contributed by atoms with E-state index in [2.05, 4.69) is 6.07 Å². The van der Waals surface area contributed by atoms with Crippen LogP contribution in [0, 0.1) is 11.3 Å². The second kappa shape index (κ2) is 12.7. The van der Waals surface area contributed by atoms with Crippen LogP contribution < -0.4 is 23.7 Å². The predicted molar refractivity (Wildman–Crippen MR) is 133 cm³/mol. The van der Waals surface area contributed by atoms with Crippen LogP contribution in [0.3, 0.4) is 0 Å². The molecule has 35 heavy (non-hydrogen) atoms. The van der Waals surface area contributed by atoms with Gasteiger partial charge in [-0.25, -0.2) is 0 Å². The van der Waals surface area contributed by atoms with Crippen LogP contribution in [0.2, 0.25) is 0 Å². The van der Waals surface area contributed by atoms with Crippen molar-refractivity contribution >= 4 is 17.6 Å². The third-order valence-electron chi connectivity index (χ3n) is 5.09. The number of carbonyl (C=O) groups excluding carboxylic acids is 1. The van der Waals surface area contributed by atoms with Gasteiger partial charge >= 0.3 is 5.97 Å². The van der Waals surface area contributed by atoms with Crippen molar-refractivity contribution in [3.8, 4) is 34.8 Å². The number of allylic oxidation sites excluding steroid dienone is 1. The smallest absolute Gasteiger partial charge is 0.311 e. The van der Waals surface area contributed by atoms with Gasteiger partial charge in [-0.2, -0.15) is 5.26 Å². The fourth-order valence-electron chi connectivity index (χ4n) is 3.31. The van der Waals surface area contributed by atoms with Gasteiger partial charge in [-0.05, 0) is 66.6 Å². The van der Waals surface area contributed by atoms with Crippen molar-refractivity contribution in [1.29, 1.82) is 5.26 Å². The number of para-hydroxylation sites is 1. The summed E-state index contributed by atoms with van der Waals surface area (Å²) in [5.41, 5.74) is 1.84. The Morgan fingerprint density at radius 3 is 2.26 bits per heavy atom. The van der Waals surface area contributed by atoms with Crippen LogP contribution in [0.4, 0.5) is 0 Å². The second-order valence-electron chi connectivity index (χ2n) is 7.38. The maximum atomic E-state index is 12.3. The number of carbonyl (C=O) groups is 1. The molecule has 0 heterocycles. The first-order chi connectivity index (χ1) is 17.1. The number of ether oxygens (including phenoxy) is 5. The molecule has 7 heteroatoms. The molecule has 0 aromatic heterocycles. The molecule has 0 aliphatic carbocycles. The quantitative estimate of drug-likeness (QED) is 0.119. The molecule has 0 N–H and O–H groups in total. The first-order valence-electron chi connectivity index (χ1n) is 11.0. The summed E-state index contributed by atoms with van der Waals surface area (Å²) in [5, 5.41) is 9.67. The summed E-state index contributed by atoms with van der Waals surface area (Å²) < 4.78 is 27.0. The Morgan fingerprint density at radius 1 is 0.857 bits per heavy atom. The van der Waals surface area contributed by atoms with Crippen LogP contribution in [-0.2, 0) is 4.79 Å². The molecule has 0 aliphatic rings. The molecule has 0 atom stereocenters. The monoisotopic (exact) mass is 473 g/mol. The minimum atomic E-state index is -0.392. The van der Waals surface area contributed by atoms with Crippen LogP contribution in [0.15, 0.2) is 66.7 Å². The summed E-state index contributed by atoms with van der Waals surface area (Å²) in [5.74, 6) is 2.36. The van der Waals surface area contributed by atoms with Crippen molar-refractivity contribution in [3.05, 3.63) is 77.9 Å². The van der Waals surface area contributed by atoms with Crippen LogP contribution in [0.1, 0.15) is 24.0 Å². The first kappa shape index (κ1) is 25.2. The largest absolute Gasteiger partial charge is 0.497 e.